The van der Waals surface area contributed by atoms with Crippen LogP contribution in [0.1, 0.15) is 5.56 Å². The second-order valence-electron chi connectivity index (χ2n) is 3.52. The fourth-order valence-corrected chi connectivity index (χ4v) is 1.26. The van der Waals surface area contributed by atoms with Crippen LogP contribution in [0.5, 0.6) is 0 Å². The van der Waals surface area contributed by atoms with E-state index in [9.17, 15) is 0 Å². The van der Waals surface area contributed by atoms with Crippen LogP contribution in [0.25, 0.3) is 0 Å². The predicted octanol–water partition coefficient (Wildman–Crippen LogP) is -3.76. The lowest BCUT2D eigenvalue weighted by molar-refractivity contribution is -2.00. The molecule has 0 bridgehead atoms. The first kappa shape index (κ1) is 15.3. The topological polar surface area (TPSA) is 135 Å². The van der Waals surface area contributed by atoms with Gasteiger partial charge in [0.25, 0.3) is 0 Å². The number of anilines is 1. The summed E-state index contributed by atoms with van der Waals surface area (Å²) in [6.45, 7) is 0.779. The maximum Gasteiger partial charge on any atom is 0.199 e. The quantitative estimate of drug-likeness (QED) is 0.563. The summed E-state index contributed by atoms with van der Waals surface area (Å²) in [7, 11) is -4.94. The van der Waals surface area contributed by atoms with Crippen LogP contribution in [0.15, 0.2) is 48.8 Å². The molecule has 1 heterocycles. The van der Waals surface area contributed by atoms with Crippen LogP contribution in [0.4, 0.5) is 5.69 Å². The van der Waals surface area contributed by atoms with Gasteiger partial charge < -0.3 is 5.73 Å². The highest BCUT2D eigenvalue weighted by Crippen LogP contribution is 1.97. The van der Waals surface area contributed by atoms with Crippen molar-refractivity contribution in [3.8, 4) is 0 Å². The predicted molar refractivity (Wildman–Crippen MR) is 54.4 cm³/mol. The van der Waals surface area contributed by atoms with Crippen molar-refractivity contribution in [1.82, 2.24) is 5.10 Å². The molecule has 0 saturated heterocycles. The van der Waals surface area contributed by atoms with E-state index in [0.29, 0.717) is 5.69 Å². The molecule has 1 aromatic heterocycles. The van der Waals surface area contributed by atoms with E-state index in [4.69, 9.17) is 24.4 Å². The Kier molecular flexibility index (Phi) is 5.61. The summed E-state index contributed by atoms with van der Waals surface area (Å²) in [6, 6.07) is 12.0. The van der Waals surface area contributed by atoms with E-state index < -0.39 is 10.2 Å². The maximum atomic E-state index is 8.49. The molecule has 0 fully saturated rings. The molecule has 7 nitrogen and oxygen atoms in total. The standard InChI is InChI=1S/C11H11N3.ClHO4/c12-11-6-7-14(13-8-11)9-10-4-2-1-3-5-10;2-1(3,4)5/h1-8,12H,9H2;(H,2,3,4,5). The summed E-state index contributed by atoms with van der Waals surface area (Å²) in [4.78, 5) is 0. The number of hydrogen-bond acceptors (Lipinski definition) is 6. The third-order valence-corrected chi connectivity index (χ3v) is 1.98. The molecule has 0 saturated carbocycles. The number of halogens is 1. The van der Waals surface area contributed by atoms with Crippen molar-refractivity contribution in [2.45, 2.75) is 6.54 Å². The highest BCUT2D eigenvalue weighted by molar-refractivity contribution is 5.30. The fraction of sp³-hybridized carbons (Fsp3) is 0.0909. The summed E-state index contributed by atoms with van der Waals surface area (Å²) in [6.07, 6.45) is 3.53. The van der Waals surface area contributed by atoms with Gasteiger partial charge in [0.05, 0.1) is 5.69 Å². The van der Waals surface area contributed by atoms with Crippen molar-refractivity contribution in [2.24, 2.45) is 0 Å². The van der Waals surface area contributed by atoms with Gasteiger partial charge in [-0.1, -0.05) is 35.0 Å². The normalized spacial score (nSPS) is 10.5. The monoisotopic (exact) mass is 285 g/mol. The van der Waals surface area contributed by atoms with Gasteiger partial charge in [-0.15, -0.1) is 10.2 Å². The fourth-order valence-electron chi connectivity index (χ4n) is 1.26. The van der Waals surface area contributed by atoms with Crippen molar-refractivity contribution in [2.75, 3.05) is 5.73 Å². The van der Waals surface area contributed by atoms with E-state index in [1.165, 1.54) is 5.56 Å². The van der Waals surface area contributed by atoms with Crippen molar-refractivity contribution in [3.63, 3.8) is 0 Å². The molecule has 2 aromatic rings. The average molecular weight is 286 g/mol. The number of benzene rings is 1. The van der Waals surface area contributed by atoms with Gasteiger partial charge in [-0.3, -0.25) is 0 Å². The number of aromatic nitrogens is 2. The van der Waals surface area contributed by atoms with Gasteiger partial charge in [0.2, 0.25) is 0 Å². The molecule has 102 valence electrons. The lowest BCUT2D eigenvalue weighted by atomic mass is 10.2. The average Bonchev–Trinajstić information content (AvgIpc) is 2.31. The summed E-state index contributed by atoms with van der Waals surface area (Å²) in [5.74, 6) is 0. The smallest absolute Gasteiger partial charge is 0.199 e. The van der Waals surface area contributed by atoms with E-state index in [2.05, 4.69) is 17.2 Å². The Morgan fingerprint density at radius 2 is 1.63 bits per heavy atom. The number of nitrogen functional groups attached to an aromatic ring is 1. The largest absolute Gasteiger partial charge is 0.397 e. The molecule has 2 rings (SSSR count). The van der Waals surface area contributed by atoms with E-state index in [1.807, 2.05) is 35.1 Å². The lowest BCUT2D eigenvalue weighted by Crippen LogP contribution is -2.68. The molecule has 0 amide bonds. The Labute approximate surface area is 111 Å². The molecule has 0 aliphatic carbocycles. The van der Waals surface area contributed by atoms with Gasteiger partial charge in [-0.2, -0.15) is 0 Å². The second-order valence-corrected chi connectivity index (χ2v) is 4.28. The first-order valence-electron chi connectivity index (χ1n) is 5.11. The van der Waals surface area contributed by atoms with E-state index in [0.717, 1.165) is 6.54 Å². The molecule has 0 radical (unpaired) electrons. The molecule has 1 aromatic carbocycles. The van der Waals surface area contributed by atoms with E-state index in [1.54, 1.807) is 6.20 Å². The first-order chi connectivity index (χ1) is 8.84. The van der Waals surface area contributed by atoms with Crippen molar-refractivity contribution in [3.05, 3.63) is 54.4 Å². The molecule has 8 heteroatoms. The van der Waals surface area contributed by atoms with Gasteiger partial charge in [0, 0.05) is 11.6 Å². The van der Waals surface area contributed by atoms with E-state index >= 15 is 0 Å². The van der Waals surface area contributed by atoms with Gasteiger partial charge in [0.1, 0.15) is 6.20 Å². The molecule has 19 heavy (non-hydrogen) atoms. The minimum absolute atomic E-state index is 0.689. The van der Waals surface area contributed by atoms with Crippen LogP contribution in [-0.4, -0.2) is 5.10 Å². The van der Waals surface area contributed by atoms with Gasteiger partial charge >= 0.3 is 0 Å². The van der Waals surface area contributed by atoms with Crippen LogP contribution >= 0.6 is 0 Å². The first-order valence-corrected chi connectivity index (χ1v) is 6.35. The molecule has 2 N–H and O–H groups in total. The van der Waals surface area contributed by atoms with Crippen molar-refractivity contribution in [1.29, 1.82) is 0 Å². The zero-order valence-electron chi connectivity index (χ0n) is 9.81. The van der Waals surface area contributed by atoms with Gasteiger partial charge in [-0.25, -0.2) is 18.6 Å². The zero-order valence-corrected chi connectivity index (χ0v) is 10.6. The minimum atomic E-state index is -4.94. The third-order valence-electron chi connectivity index (χ3n) is 1.98. The number of nitrogens with zero attached hydrogens (tertiary/aromatic N) is 2. The summed E-state index contributed by atoms with van der Waals surface area (Å²) >= 11 is 0. The zero-order chi connectivity index (χ0) is 14.3. The van der Waals surface area contributed by atoms with Crippen molar-refractivity contribution < 1.29 is 33.6 Å². The molecular weight excluding hydrogens is 274 g/mol. The SMILES string of the molecule is Nc1cc[n+](Cc2ccccc2)nc1.[O-][Cl+3]([O-])([O-])[O-]. The Morgan fingerprint density at radius 1 is 1.05 bits per heavy atom. The molecule has 0 aliphatic rings. The minimum Gasteiger partial charge on any atom is -0.397 e. The molecule has 0 unspecified atom stereocenters. The highest BCUT2D eigenvalue weighted by atomic mass is 35.7. The van der Waals surface area contributed by atoms with Crippen molar-refractivity contribution >= 4 is 5.69 Å². The van der Waals surface area contributed by atoms with Gasteiger partial charge in [-0.05, 0) is 5.10 Å². The van der Waals surface area contributed by atoms with Crippen LogP contribution in [0.3, 0.4) is 0 Å². The van der Waals surface area contributed by atoms with Crippen LogP contribution < -0.4 is 29.1 Å². The third kappa shape index (κ3) is 8.03. The lowest BCUT2D eigenvalue weighted by Gasteiger charge is -2.17. The Hall–Kier alpha value is -1.77. The summed E-state index contributed by atoms with van der Waals surface area (Å²) in [5, 5.41) is 4.17. The van der Waals surface area contributed by atoms with Crippen LogP contribution in [-0.2, 0) is 6.54 Å². The molecule has 0 spiro atoms. The van der Waals surface area contributed by atoms with Gasteiger partial charge in [0.15, 0.2) is 12.7 Å². The number of rotatable bonds is 2. The highest BCUT2D eigenvalue weighted by Gasteiger charge is 2.02. The number of hydrogen-bond donors (Lipinski definition) is 1. The Morgan fingerprint density at radius 3 is 2.11 bits per heavy atom. The molecule has 0 atom stereocenters. The molecule has 0 aliphatic heterocycles. The maximum absolute atomic E-state index is 8.49. The molecular formula is C11H12ClN3O4. The van der Waals surface area contributed by atoms with Crippen LogP contribution in [0.2, 0.25) is 0 Å². The number of nitrogens with two attached hydrogens (primary N) is 1. The Balaban J connectivity index is 0.000000312. The second kappa shape index (κ2) is 6.98. The Bertz CT molecular complexity index is 482. The summed E-state index contributed by atoms with van der Waals surface area (Å²) in [5.41, 5.74) is 7.46. The summed E-state index contributed by atoms with van der Waals surface area (Å²) < 4.78 is 35.8. The van der Waals surface area contributed by atoms with Crippen LogP contribution in [0, 0.1) is 10.2 Å². The van der Waals surface area contributed by atoms with E-state index in [-0.39, 0.29) is 0 Å².